The van der Waals surface area contributed by atoms with Crippen LogP contribution in [0.25, 0.3) is 0 Å². The Morgan fingerprint density at radius 2 is 0.697 bits per heavy atom. The first-order valence-electron chi connectivity index (χ1n) is 31.8. The molecule has 9 aliphatic rings. The molecule has 6 fully saturated rings. The molecule has 6 aliphatic carbocycles. The van der Waals surface area contributed by atoms with Gasteiger partial charge in [-0.2, -0.15) is 43.2 Å². The first-order valence-corrected chi connectivity index (χ1v) is 37.6. The van der Waals surface area contributed by atoms with Crippen LogP contribution in [0.4, 0.5) is 26.3 Å². The fraction of sp³-hybridized carbons (Fsp3) is 0.735. The zero-order chi connectivity index (χ0) is 65.5. The molecule has 2 unspecified atom stereocenters. The van der Waals surface area contributed by atoms with E-state index in [4.69, 9.17) is 22.6 Å². The number of hydrogen-bond acceptors (Lipinski definition) is 13. The van der Waals surface area contributed by atoms with E-state index in [0.717, 1.165) is 84.3 Å². The highest BCUT2D eigenvalue weighted by molar-refractivity contribution is 8.00. The molecule has 0 amide bonds. The smallest absolute Gasteiger partial charge is 0.507 e. The van der Waals surface area contributed by atoms with Crippen LogP contribution in [0, 0.1) is 68.0 Å². The van der Waals surface area contributed by atoms with Gasteiger partial charge in [-0.1, -0.05) is 102 Å². The second-order valence-corrected chi connectivity index (χ2v) is 37.4. The third-order valence-electron chi connectivity index (χ3n) is 25.1. The predicted octanol–water partition coefficient (Wildman–Crippen LogP) is 19.1. The standard InChI is InChI=1S/2C23H31F3O4S2.C22H32O2S/c2*1-20(2)8-6-9-21(3)17(20)7-10-22(4)18(21)13-31-16-12-14(29-5)11-15(19(16)22)30-32(27,28)23(24,25)26;1-20(2)8-6-9-21(3)17(20)7-10-22(4)18(21)13-25-16-12-14(24-5)11-15(23)19(16)22/h2*11-12,17-18H,6-10,13H2,1-5H3;11-12,17-18,23H,6-10,13H2,1-5H3/t17?,18-,21+,22-;17-,18+,21-,22+;17?,18-,21+,22-/m101/s1. The number of fused-ring (bicyclic) bond motifs is 15. The summed E-state index contributed by atoms with van der Waals surface area (Å²) in [5.74, 6) is 6.98. The second-order valence-electron chi connectivity index (χ2n) is 31.1. The Kier molecular flexibility index (Phi) is 17.9. The van der Waals surface area contributed by atoms with Gasteiger partial charge < -0.3 is 27.7 Å². The summed E-state index contributed by atoms with van der Waals surface area (Å²) in [7, 11) is -7.11. The first-order chi connectivity index (χ1) is 41.0. The lowest BCUT2D eigenvalue weighted by molar-refractivity contribution is -0.0978. The minimum absolute atomic E-state index is 0.0273. The Morgan fingerprint density at radius 1 is 0.416 bits per heavy atom. The molecule has 0 aromatic heterocycles. The molecule has 12 atom stereocenters. The Hall–Kier alpha value is -3.01. The summed E-state index contributed by atoms with van der Waals surface area (Å²) in [5, 5.41) is 10.9. The molecule has 0 bridgehead atoms. The number of phenolic OH excluding ortho intramolecular Hbond substituents is 1. The second kappa shape index (κ2) is 23.1. The number of ether oxygens (including phenoxy) is 3. The van der Waals surface area contributed by atoms with Gasteiger partial charge in [0.15, 0.2) is 11.5 Å². The Balaban J connectivity index is 0.000000148. The Labute approximate surface area is 538 Å². The number of aromatic hydroxyl groups is 1. The molecule has 3 aliphatic heterocycles. The third-order valence-corrected chi connectivity index (χ3v) is 30.4. The quantitative estimate of drug-likeness (QED) is 0.137. The molecule has 0 radical (unpaired) electrons. The van der Waals surface area contributed by atoms with E-state index in [9.17, 15) is 48.3 Å². The van der Waals surface area contributed by atoms with Crippen molar-refractivity contribution in [2.75, 3.05) is 38.6 Å². The maximum Gasteiger partial charge on any atom is 0.534 e. The van der Waals surface area contributed by atoms with Crippen molar-refractivity contribution in [3.63, 3.8) is 0 Å². The highest BCUT2D eigenvalue weighted by Gasteiger charge is 2.65. The van der Waals surface area contributed by atoms with Crippen molar-refractivity contribution in [2.24, 2.45) is 68.0 Å². The van der Waals surface area contributed by atoms with Crippen molar-refractivity contribution in [3.8, 4) is 34.5 Å². The van der Waals surface area contributed by atoms with Gasteiger partial charge in [0.05, 0.1) is 21.3 Å². The van der Waals surface area contributed by atoms with Gasteiger partial charge in [0, 0.05) is 83.1 Å². The number of alkyl halides is 6. The van der Waals surface area contributed by atoms with Crippen LogP contribution in [0.5, 0.6) is 34.5 Å². The topological polar surface area (TPSA) is 135 Å². The Bertz CT molecular complexity index is 3280. The number of methoxy groups -OCH3 is 3. The SMILES string of the molecule is COc1cc(O)c2c(c1)SC[C@H]1[C@@]2(C)CCC2C(C)(C)CCC[C@@]21C.COc1cc(OS(=O)(=O)C(F)(F)F)c2c(c1)SC[C@@H]1[C@@]3(C)CCCC(C)(C)[C@@H]3CC[C@@]21C.COc1cc(OS(=O)(=O)C(F)(F)F)c2c(c1)SC[C@H]1[C@@]2(C)CCC2C(C)(C)CCC[C@@]21C. The van der Waals surface area contributed by atoms with Gasteiger partial charge in [-0.05, 0) is 163 Å². The van der Waals surface area contributed by atoms with Gasteiger partial charge in [-0.3, -0.25) is 0 Å². The van der Waals surface area contributed by atoms with Crippen molar-refractivity contribution in [1.82, 2.24) is 0 Å². The normalized spacial score (nSPS) is 35.5. The van der Waals surface area contributed by atoms with Crippen LogP contribution in [0.15, 0.2) is 51.1 Å². The molecule has 10 nitrogen and oxygen atoms in total. The van der Waals surface area contributed by atoms with Crippen molar-refractivity contribution < 1.29 is 70.9 Å². The number of hydrogen-bond donors (Lipinski definition) is 1. The van der Waals surface area contributed by atoms with E-state index < -0.39 is 42.1 Å². The fourth-order valence-electron chi connectivity index (χ4n) is 21.1. The molecule has 3 heterocycles. The number of rotatable bonds is 7. The Morgan fingerprint density at radius 3 is 0.989 bits per heavy atom. The molecule has 12 rings (SSSR count). The summed E-state index contributed by atoms with van der Waals surface area (Å²) in [4.78, 5) is 2.72. The molecular formula is C68H94F6O10S5. The fourth-order valence-corrected chi connectivity index (χ4v) is 27.3. The van der Waals surface area contributed by atoms with Crippen LogP contribution in [0.2, 0.25) is 0 Å². The van der Waals surface area contributed by atoms with E-state index in [1.165, 1.54) is 87.5 Å². The van der Waals surface area contributed by atoms with Gasteiger partial charge in [-0.25, -0.2) is 0 Å². The molecule has 0 spiro atoms. The monoisotopic (exact) mass is 1340 g/mol. The van der Waals surface area contributed by atoms with Crippen molar-refractivity contribution in [2.45, 2.75) is 221 Å². The van der Waals surface area contributed by atoms with E-state index in [0.29, 0.717) is 45.5 Å². The van der Waals surface area contributed by atoms with Gasteiger partial charge in [-0.15, -0.1) is 35.3 Å². The molecule has 6 saturated carbocycles. The third kappa shape index (κ3) is 11.5. The average molecular weight is 1350 g/mol. The number of benzene rings is 3. The van der Waals surface area contributed by atoms with E-state index in [1.807, 2.05) is 17.8 Å². The minimum atomic E-state index is -5.80. The lowest BCUT2D eigenvalue weighted by Crippen LogP contribution is -2.58. The molecule has 498 valence electrons. The summed E-state index contributed by atoms with van der Waals surface area (Å²) >= 11 is 5.07. The maximum atomic E-state index is 13.2. The van der Waals surface area contributed by atoms with Gasteiger partial charge in [0.25, 0.3) is 0 Å². The summed E-state index contributed by atoms with van der Waals surface area (Å²) in [6.07, 6.45) is 16.7. The summed E-state index contributed by atoms with van der Waals surface area (Å²) < 4.78 is 152. The van der Waals surface area contributed by atoms with Crippen LogP contribution in [-0.2, 0) is 36.5 Å². The summed E-state index contributed by atoms with van der Waals surface area (Å²) in [5.41, 5.74) is -8.24. The molecule has 3 aromatic carbocycles. The highest BCUT2D eigenvalue weighted by Crippen LogP contribution is 2.72. The summed E-state index contributed by atoms with van der Waals surface area (Å²) in [6.45, 7) is 28.1. The van der Waals surface area contributed by atoms with Crippen LogP contribution < -0.4 is 22.6 Å². The van der Waals surface area contributed by atoms with E-state index in [2.05, 4.69) is 89.2 Å². The number of halogens is 6. The average Bonchev–Trinajstić information content (AvgIpc) is 0.717. The maximum absolute atomic E-state index is 13.2. The van der Waals surface area contributed by atoms with Crippen LogP contribution in [0.1, 0.15) is 196 Å². The number of thioether (sulfide) groups is 3. The first kappa shape index (κ1) is 68.8. The molecule has 3 aromatic rings. The predicted molar refractivity (Wildman–Crippen MR) is 342 cm³/mol. The van der Waals surface area contributed by atoms with Crippen molar-refractivity contribution in [1.29, 1.82) is 0 Å². The van der Waals surface area contributed by atoms with Crippen molar-refractivity contribution >= 4 is 55.5 Å². The van der Waals surface area contributed by atoms with Crippen molar-refractivity contribution in [3.05, 3.63) is 53.1 Å². The lowest BCUT2D eigenvalue weighted by Gasteiger charge is -2.64. The zero-order valence-corrected chi connectivity index (χ0v) is 58.7. The van der Waals surface area contributed by atoms with Crippen LogP contribution in [-0.4, -0.2) is 71.5 Å². The van der Waals surface area contributed by atoms with Gasteiger partial charge in [0.2, 0.25) is 0 Å². The lowest BCUT2D eigenvalue weighted by atomic mass is 9.43. The van der Waals surface area contributed by atoms with Crippen LogP contribution in [0.3, 0.4) is 0 Å². The van der Waals surface area contributed by atoms with E-state index >= 15 is 0 Å². The molecular weight excluding hydrogens is 1250 g/mol. The molecule has 1 N–H and O–H groups in total. The van der Waals surface area contributed by atoms with Gasteiger partial charge >= 0.3 is 31.3 Å². The molecule has 89 heavy (non-hydrogen) atoms. The minimum Gasteiger partial charge on any atom is -0.507 e. The molecule has 21 heteroatoms. The van der Waals surface area contributed by atoms with E-state index in [1.54, 1.807) is 42.8 Å². The van der Waals surface area contributed by atoms with Gasteiger partial charge in [0.1, 0.15) is 23.0 Å². The molecule has 0 saturated heterocycles. The summed E-state index contributed by atoms with van der Waals surface area (Å²) in [6, 6.07) is 10.1. The van der Waals surface area contributed by atoms with Crippen LogP contribution >= 0.6 is 35.3 Å². The zero-order valence-electron chi connectivity index (χ0n) is 54.6. The highest BCUT2D eigenvalue weighted by atomic mass is 32.2. The largest absolute Gasteiger partial charge is 0.534 e. The van der Waals surface area contributed by atoms with E-state index in [-0.39, 0.29) is 61.9 Å². The number of phenols is 1.